The van der Waals surface area contributed by atoms with Gasteiger partial charge < -0.3 is 9.88 Å². The van der Waals surface area contributed by atoms with Gasteiger partial charge in [-0.3, -0.25) is 4.79 Å². The predicted octanol–water partition coefficient (Wildman–Crippen LogP) is 3.63. The second-order valence-electron chi connectivity index (χ2n) is 6.41. The molecule has 0 unspecified atom stereocenters. The van der Waals surface area contributed by atoms with Crippen molar-refractivity contribution in [1.82, 2.24) is 20.1 Å². The summed E-state index contributed by atoms with van der Waals surface area (Å²) in [6.07, 6.45) is 1.90. The molecular formula is C21H24N4OS. The molecule has 0 aliphatic rings. The highest BCUT2D eigenvalue weighted by molar-refractivity contribution is 7.99. The van der Waals surface area contributed by atoms with Crippen molar-refractivity contribution in [2.45, 2.75) is 24.9 Å². The fourth-order valence-electron chi connectivity index (χ4n) is 2.85. The minimum atomic E-state index is 0.0218. The zero-order valence-corrected chi connectivity index (χ0v) is 16.5. The average Bonchev–Trinajstić information content (AvgIpc) is 3.05. The summed E-state index contributed by atoms with van der Waals surface area (Å²) in [4.78, 5) is 12.1. The molecule has 0 aliphatic carbocycles. The molecule has 5 nitrogen and oxygen atoms in total. The Bertz CT molecular complexity index is 892. The van der Waals surface area contributed by atoms with Crippen molar-refractivity contribution in [2.24, 2.45) is 7.05 Å². The van der Waals surface area contributed by atoms with E-state index in [2.05, 4.69) is 40.6 Å². The monoisotopic (exact) mass is 380 g/mol. The van der Waals surface area contributed by atoms with Crippen LogP contribution in [0.15, 0.2) is 59.8 Å². The molecule has 1 amide bonds. The van der Waals surface area contributed by atoms with Crippen LogP contribution >= 0.6 is 11.8 Å². The van der Waals surface area contributed by atoms with Gasteiger partial charge in [-0.05, 0) is 30.9 Å². The molecule has 0 saturated carbocycles. The van der Waals surface area contributed by atoms with Crippen LogP contribution in [-0.2, 0) is 18.3 Å². The Labute approximate surface area is 164 Å². The zero-order valence-electron chi connectivity index (χ0n) is 15.7. The number of aromatic nitrogens is 3. The van der Waals surface area contributed by atoms with Gasteiger partial charge in [-0.2, -0.15) is 0 Å². The maximum absolute atomic E-state index is 12.1. The van der Waals surface area contributed by atoms with Crippen LogP contribution in [0.5, 0.6) is 0 Å². The number of carbonyl (C=O) groups excluding carboxylic acids is 1. The molecule has 6 heteroatoms. The summed E-state index contributed by atoms with van der Waals surface area (Å²) in [7, 11) is 1.93. The van der Waals surface area contributed by atoms with E-state index in [4.69, 9.17) is 0 Å². The lowest BCUT2D eigenvalue weighted by Crippen LogP contribution is -2.26. The van der Waals surface area contributed by atoms with Crippen molar-refractivity contribution < 1.29 is 4.79 Å². The van der Waals surface area contributed by atoms with Gasteiger partial charge >= 0.3 is 0 Å². The van der Waals surface area contributed by atoms with E-state index in [9.17, 15) is 4.79 Å². The van der Waals surface area contributed by atoms with E-state index < -0.39 is 0 Å². The number of carbonyl (C=O) groups is 1. The summed E-state index contributed by atoms with van der Waals surface area (Å²) in [5, 5.41) is 12.2. The van der Waals surface area contributed by atoms with Gasteiger partial charge in [0.1, 0.15) is 0 Å². The lowest BCUT2D eigenvalue weighted by atomic mass is 10.1. The molecule has 140 valence electrons. The Kier molecular flexibility index (Phi) is 6.65. The van der Waals surface area contributed by atoms with Gasteiger partial charge in [0.2, 0.25) is 5.91 Å². The molecule has 0 radical (unpaired) electrons. The van der Waals surface area contributed by atoms with Gasteiger partial charge in [0.25, 0.3) is 0 Å². The van der Waals surface area contributed by atoms with E-state index in [1.165, 1.54) is 17.3 Å². The van der Waals surface area contributed by atoms with Gasteiger partial charge in [0.05, 0.1) is 5.75 Å². The fourth-order valence-corrected chi connectivity index (χ4v) is 3.59. The molecule has 27 heavy (non-hydrogen) atoms. The number of rotatable bonds is 8. The van der Waals surface area contributed by atoms with Gasteiger partial charge in [0, 0.05) is 19.2 Å². The van der Waals surface area contributed by atoms with Crippen molar-refractivity contribution >= 4 is 17.7 Å². The predicted molar refractivity (Wildman–Crippen MR) is 110 cm³/mol. The molecule has 0 spiro atoms. The average molecular weight is 381 g/mol. The zero-order chi connectivity index (χ0) is 19.1. The molecule has 1 aromatic heterocycles. The van der Waals surface area contributed by atoms with Crippen molar-refractivity contribution in [3.8, 4) is 11.4 Å². The molecule has 2 aromatic carbocycles. The first-order valence-corrected chi connectivity index (χ1v) is 10.0. The minimum absolute atomic E-state index is 0.0218. The van der Waals surface area contributed by atoms with Gasteiger partial charge in [-0.25, -0.2) is 0 Å². The molecule has 3 aromatic rings. The Morgan fingerprint density at radius 1 is 1.07 bits per heavy atom. The molecule has 3 rings (SSSR count). The van der Waals surface area contributed by atoms with E-state index in [1.54, 1.807) is 0 Å². The molecule has 0 saturated heterocycles. The van der Waals surface area contributed by atoms with Crippen LogP contribution in [-0.4, -0.2) is 33.0 Å². The standard InChI is InChI=1S/C21H24N4OS/c1-16-9-6-7-13-18(16)20-23-24-21(25(20)2)27-15-19(26)22-14-8-12-17-10-4-3-5-11-17/h3-7,9-11,13H,8,12,14-15H2,1-2H3,(H,22,26). The minimum Gasteiger partial charge on any atom is -0.355 e. The third-order valence-corrected chi connectivity index (χ3v) is 5.38. The Morgan fingerprint density at radius 3 is 2.59 bits per heavy atom. The van der Waals surface area contributed by atoms with Crippen LogP contribution in [0.4, 0.5) is 0 Å². The second-order valence-corrected chi connectivity index (χ2v) is 7.35. The summed E-state index contributed by atoms with van der Waals surface area (Å²) in [6.45, 7) is 2.74. The first-order valence-electron chi connectivity index (χ1n) is 9.04. The first kappa shape index (κ1) is 19.2. The quantitative estimate of drug-likeness (QED) is 0.479. The molecule has 0 atom stereocenters. The van der Waals surface area contributed by atoms with Gasteiger partial charge in [-0.15, -0.1) is 10.2 Å². The normalized spacial score (nSPS) is 10.7. The second kappa shape index (κ2) is 9.37. The Balaban J connectivity index is 1.46. The third kappa shape index (κ3) is 5.20. The maximum atomic E-state index is 12.1. The number of hydrogen-bond donors (Lipinski definition) is 1. The first-order chi connectivity index (χ1) is 13.1. The fraction of sp³-hybridized carbons (Fsp3) is 0.286. The molecule has 1 heterocycles. The number of thioether (sulfide) groups is 1. The largest absolute Gasteiger partial charge is 0.355 e. The Morgan fingerprint density at radius 2 is 1.81 bits per heavy atom. The third-order valence-electron chi connectivity index (χ3n) is 4.36. The van der Waals surface area contributed by atoms with E-state index in [-0.39, 0.29) is 5.91 Å². The summed E-state index contributed by atoms with van der Waals surface area (Å²) >= 11 is 1.41. The smallest absolute Gasteiger partial charge is 0.230 e. The van der Waals surface area contributed by atoms with Crippen molar-refractivity contribution in [1.29, 1.82) is 0 Å². The number of nitrogens with one attached hydrogen (secondary N) is 1. The van der Waals surface area contributed by atoms with Crippen LogP contribution in [0.2, 0.25) is 0 Å². The van der Waals surface area contributed by atoms with Crippen molar-refractivity contribution in [3.63, 3.8) is 0 Å². The Hall–Kier alpha value is -2.60. The van der Waals surface area contributed by atoms with E-state index in [0.29, 0.717) is 12.3 Å². The van der Waals surface area contributed by atoms with E-state index in [1.807, 2.05) is 48.0 Å². The maximum Gasteiger partial charge on any atom is 0.230 e. The number of amides is 1. The van der Waals surface area contributed by atoms with Crippen molar-refractivity contribution in [3.05, 3.63) is 65.7 Å². The van der Waals surface area contributed by atoms with Crippen LogP contribution in [0, 0.1) is 6.92 Å². The summed E-state index contributed by atoms with van der Waals surface area (Å²) in [6, 6.07) is 18.4. The molecule has 0 fully saturated rings. The molecule has 1 N–H and O–H groups in total. The lowest BCUT2D eigenvalue weighted by Gasteiger charge is -2.07. The van der Waals surface area contributed by atoms with Crippen LogP contribution in [0.25, 0.3) is 11.4 Å². The van der Waals surface area contributed by atoms with Crippen LogP contribution < -0.4 is 5.32 Å². The SMILES string of the molecule is Cc1ccccc1-c1nnc(SCC(=O)NCCCc2ccccc2)n1C. The summed E-state index contributed by atoms with van der Waals surface area (Å²) < 4.78 is 1.94. The summed E-state index contributed by atoms with van der Waals surface area (Å²) in [5.74, 6) is 1.18. The molecule has 0 bridgehead atoms. The van der Waals surface area contributed by atoms with Crippen molar-refractivity contribution in [2.75, 3.05) is 12.3 Å². The number of hydrogen-bond acceptors (Lipinski definition) is 4. The molecular weight excluding hydrogens is 356 g/mol. The highest BCUT2D eigenvalue weighted by Crippen LogP contribution is 2.24. The number of benzene rings is 2. The van der Waals surface area contributed by atoms with E-state index >= 15 is 0 Å². The number of aryl methyl sites for hydroxylation is 2. The molecule has 0 aliphatic heterocycles. The topological polar surface area (TPSA) is 59.8 Å². The van der Waals surface area contributed by atoms with E-state index in [0.717, 1.165) is 34.9 Å². The lowest BCUT2D eigenvalue weighted by molar-refractivity contribution is -0.118. The van der Waals surface area contributed by atoms with Crippen LogP contribution in [0.1, 0.15) is 17.5 Å². The summed E-state index contributed by atoms with van der Waals surface area (Å²) in [5.41, 5.74) is 3.51. The van der Waals surface area contributed by atoms with Gasteiger partial charge in [0.15, 0.2) is 11.0 Å². The van der Waals surface area contributed by atoms with Gasteiger partial charge in [-0.1, -0.05) is 66.4 Å². The van der Waals surface area contributed by atoms with Crippen LogP contribution in [0.3, 0.4) is 0 Å². The highest BCUT2D eigenvalue weighted by Gasteiger charge is 2.14. The highest BCUT2D eigenvalue weighted by atomic mass is 32.2. The number of nitrogens with zero attached hydrogens (tertiary/aromatic N) is 3.